The van der Waals surface area contributed by atoms with Gasteiger partial charge in [0.15, 0.2) is 0 Å². The molecule has 1 amide bonds. The second-order valence-corrected chi connectivity index (χ2v) is 5.42. The number of halogens is 2. The molecule has 1 fully saturated rings. The van der Waals surface area contributed by atoms with Crippen LogP contribution >= 0.6 is 23.2 Å². The Morgan fingerprint density at radius 1 is 1.47 bits per heavy atom. The van der Waals surface area contributed by atoms with Gasteiger partial charge in [-0.3, -0.25) is 4.79 Å². The molecule has 0 aliphatic carbocycles. The Labute approximate surface area is 122 Å². The van der Waals surface area contributed by atoms with Gasteiger partial charge in [0.05, 0.1) is 29.2 Å². The van der Waals surface area contributed by atoms with Crippen molar-refractivity contribution in [1.82, 2.24) is 4.90 Å². The monoisotopic (exact) mass is 302 g/mol. The number of nitrogens with zero attached hydrogens (tertiary/aromatic N) is 1. The third-order valence-corrected chi connectivity index (χ3v) is 3.82. The molecule has 2 N–H and O–H groups in total. The summed E-state index contributed by atoms with van der Waals surface area (Å²) in [5.74, 6) is -0.0617. The second-order valence-electron chi connectivity index (χ2n) is 4.61. The maximum Gasteiger partial charge on any atom is 0.239 e. The van der Waals surface area contributed by atoms with E-state index in [9.17, 15) is 4.79 Å². The molecular weight excluding hydrogens is 287 g/mol. The van der Waals surface area contributed by atoms with E-state index in [0.29, 0.717) is 29.7 Å². The van der Waals surface area contributed by atoms with E-state index in [4.69, 9.17) is 33.7 Å². The highest BCUT2D eigenvalue weighted by molar-refractivity contribution is 6.42. The van der Waals surface area contributed by atoms with Crippen LogP contribution < -0.4 is 5.73 Å². The van der Waals surface area contributed by atoms with Crippen LogP contribution in [0.3, 0.4) is 0 Å². The molecule has 1 aromatic carbocycles. The van der Waals surface area contributed by atoms with Crippen LogP contribution in [0.1, 0.15) is 18.6 Å². The summed E-state index contributed by atoms with van der Waals surface area (Å²) in [5.41, 5.74) is 6.54. The number of carbonyl (C=O) groups excluding carboxylic acids is 1. The van der Waals surface area contributed by atoms with Crippen molar-refractivity contribution in [3.63, 3.8) is 0 Å². The van der Waals surface area contributed by atoms with E-state index in [1.165, 1.54) is 0 Å². The van der Waals surface area contributed by atoms with Crippen LogP contribution in [0, 0.1) is 0 Å². The van der Waals surface area contributed by atoms with Crippen molar-refractivity contribution in [2.24, 2.45) is 5.73 Å². The first kappa shape index (κ1) is 14.6. The van der Waals surface area contributed by atoms with Crippen LogP contribution in [0.2, 0.25) is 10.0 Å². The second kappa shape index (κ2) is 6.09. The van der Waals surface area contributed by atoms with E-state index in [-0.39, 0.29) is 12.0 Å². The fourth-order valence-electron chi connectivity index (χ4n) is 2.05. The first-order valence-corrected chi connectivity index (χ1v) is 6.85. The van der Waals surface area contributed by atoms with Gasteiger partial charge in [0.2, 0.25) is 5.91 Å². The Kier molecular flexibility index (Phi) is 4.68. The molecule has 0 bridgehead atoms. The molecule has 1 unspecified atom stereocenters. The normalized spacial score (nSPS) is 21.3. The van der Waals surface area contributed by atoms with Crippen molar-refractivity contribution in [3.05, 3.63) is 33.8 Å². The van der Waals surface area contributed by atoms with Crippen molar-refractivity contribution < 1.29 is 9.53 Å². The SMILES string of the molecule is C[C@@H](N)C(=O)N1CCOC(c2ccc(Cl)c(Cl)c2)C1. The Bertz CT molecular complexity index is 480. The number of benzene rings is 1. The van der Waals surface area contributed by atoms with E-state index in [1.807, 2.05) is 6.07 Å². The predicted molar refractivity (Wildman–Crippen MR) is 75.4 cm³/mol. The quantitative estimate of drug-likeness (QED) is 0.911. The van der Waals surface area contributed by atoms with Gasteiger partial charge in [-0.1, -0.05) is 29.3 Å². The van der Waals surface area contributed by atoms with Gasteiger partial charge in [-0.2, -0.15) is 0 Å². The lowest BCUT2D eigenvalue weighted by molar-refractivity contribution is -0.140. The number of carbonyl (C=O) groups is 1. The zero-order chi connectivity index (χ0) is 14.0. The first-order valence-electron chi connectivity index (χ1n) is 6.10. The minimum absolute atomic E-state index is 0.0617. The molecule has 2 rings (SSSR count). The Morgan fingerprint density at radius 2 is 2.21 bits per heavy atom. The van der Waals surface area contributed by atoms with Crippen molar-refractivity contribution >= 4 is 29.1 Å². The minimum atomic E-state index is -0.493. The van der Waals surface area contributed by atoms with Gasteiger partial charge >= 0.3 is 0 Å². The number of morpholine rings is 1. The zero-order valence-corrected chi connectivity index (χ0v) is 12.1. The summed E-state index contributed by atoms with van der Waals surface area (Å²) in [7, 11) is 0. The molecule has 104 valence electrons. The number of rotatable bonds is 2. The van der Waals surface area contributed by atoms with Crippen molar-refractivity contribution in [2.75, 3.05) is 19.7 Å². The molecule has 0 saturated carbocycles. The fraction of sp³-hybridized carbons (Fsp3) is 0.462. The Balaban J connectivity index is 2.12. The average Bonchev–Trinajstić information content (AvgIpc) is 2.41. The molecular formula is C13H16Cl2N2O2. The van der Waals surface area contributed by atoms with E-state index in [2.05, 4.69) is 0 Å². The van der Waals surface area contributed by atoms with Gasteiger partial charge in [0.25, 0.3) is 0 Å². The van der Waals surface area contributed by atoms with Gasteiger partial charge in [-0.15, -0.1) is 0 Å². The minimum Gasteiger partial charge on any atom is -0.370 e. The molecule has 0 radical (unpaired) electrons. The van der Waals surface area contributed by atoms with E-state index >= 15 is 0 Å². The standard InChI is InChI=1S/C13H16Cl2N2O2/c1-8(16)13(18)17-4-5-19-12(7-17)9-2-3-10(14)11(15)6-9/h2-3,6,8,12H,4-5,7,16H2,1H3/t8-,12?/m1/s1. The molecule has 1 saturated heterocycles. The van der Waals surface area contributed by atoms with Gasteiger partial charge in [-0.05, 0) is 24.6 Å². The molecule has 0 spiro atoms. The van der Waals surface area contributed by atoms with Crippen LogP contribution in [0.15, 0.2) is 18.2 Å². The molecule has 4 nitrogen and oxygen atoms in total. The smallest absolute Gasteiger partial charge is 0.239 e. The van der Waals surface area contributed by atoms with E-state index in [1.54, 1.807) is 24.0 Å². The molecule has 19 heavy (non-hydrogen) atoms. The van der Waals surface area contributed by atoms with Gasteiger partial charge in [0, 0.05) is 6.54 Å². The van der Waals surface area contributed by atoms with Gasteiger partial charge < -0.3 is 15.4 Å². The van der Waals surface area contributed by atoms with E-state index in [0.717, 1.165) is 5.56 Å². The summed E-state index contributed by atoms with van der Waals surface area (Å²) in [6, 6.07) is 4.87. The topological polar surface area (TPSA) is 55.6 Å². The van der Waals surface area contributed by atoms with Crippen LogP contribution in [0.5, 0.6) is 0 Å². The summed E-state index contributed by atoms with van der Waals surface area (Å²) in [6.45, 7) is 3.23. The number of ether oxygens (including phenoxy) is 1. The molecule has 0 aromatic heterocycles. The Hall–Kier alpha value is -0.810. The van der Waals surface area contributed by atoms with Gasteiger partial charge in [-0.25, -0.2) is 0 Å². The molecule has 6 heteroatoms. The molecule has 1 aromatic rings. The third kappa shape index (κ3) is 3.39. The maximum absolute atomic E-state index is 11.9. The molecule has 1 aliphatic rings. The number of nitrogens with two attached hydrogens (primary N) is 1. The van der Waals surface area contributed by atoms with Crippen molar-refractivity contribution in [2.45, 2.75) is 19.1 Å². The zero-order valence-electron chi connectivity index (χ0n) is 10.6. The highest BCUT2D eigenvalue weighted by Gasteiger charge is 2.27. The average molecular weight is 303 g/mol. The Morgan fingerprint density at radius 3 is 2.84 bits per heavy atom. The van der Waals surface area contributed by atoms with E-state index < -0.39 is 6.04 Å². The summed E-state index contributed by atoms with van der Waals surface area (Å²) in [5, 5.41) is 0.989. The van der Waals surface area contributed by atoms with Crippen molar-refractivity contribution in [1.29, 1.82) is 0 Å². The third-order valence-electron chi connectivity index (χ3n) is 3.08. The highest BCUT2D eigenvalue weighted by Crippen LogP contribution is 2.29. The highest BCUT2D eigenvalue weighted by atomic mass is 35.5. The summed E-state index contributed by atoms with van der Waals surface area (Å²) in [4.78, 5) is 13.6. The molecule has 1 aliphatic heterocycles. The van der Waals surface area contributed by atoms with Crippen molar-refractivity contribution in [3.8, 4) is 0 Å². The lowest BCUT2D eigenvalue weighted by Gasteiger charge is -2.34. The number of hydrogen-bond acceptors (Lipinski definition) is 3. The van der Waals surface area contributed by atoms with Crippen LogP contribution in [0.25, 0.3) is 0 Å². The predicted octanol–water partition coefficient (Wildman–Crippen LogP) is 2.24. The summed E-state index contributed by atoms with van der Waals surface area (Å²) < 4.78 is 5.68. The van der Waals surface area contributed by atoms with Gasteiger partial charge in [0.1, 0.15) is 6.10 Å². The lowest BCUT2D eigenvalue weighted by Crippen LogP contribution is -2.48. The number of amides is 1. The van der Waals surface area contributed by atoms with Crippen LogP contribution in [-0.2, 0) is 9.53 Å². The summed E-state index contributed by atoms with van der Waals surface area (Å²) >= 11 is 11.9. The summed E-state index contributed by atoms with van der Waals surface area (Å²) in [6.07, 6.45) is -0.189. The van der Waals surface area contributed by atoms with Crippen LogP contribution in [0.4, 0.5) is 0 Å². The number of hydrogen-bond donors (Lipinski definition) is 1. The first-order chi connectivity index (χ1) is 8.99. The maximum atomic E-state index is 11.9. The van der Waals surface area contributed by atoms with Crippen LogP contribution in [-0.4, -0.2) is 36.5 Å². The lowest BCUT2D eigenvalue weighted by atomic mass is 10.1. The molecule has 2 atom stereocenters. The fourth-order valence-corrected chi connectivity index (χ4v) is 2.36. The molecule has 1 heterocycles. The largest absolute Gasteiger partial charge is 0.370 e.